The summed E-state index contributed by atoms with van der Waals surface area (Å²) in [5.74, 6) is 2.48. The smallest absolute Gasteiger partial charge is 0.137 e. The molecule has 254 valence electrons. The van der Waals surface area contributed by atoms with Gasteiger partial charge in [0.15, 0.2) is 0 Å². The molecular weight excluding hydrogens is 625 g/mol. The first-order valence-corrected chi connectivity index (χ1v) is 17.7. The van der Waals surface area contributed by atoms with Crippen molar-refractivity contribution in [3.05, 3.63) is 157 Å². The van der Waals surface area contributed by atoms with Gasteiger partial charge in [-0.05, 0) is 76.7 Å². The number of nitrogens with zero attached hydrogens (tertiary/aromatic N) is 4. The summed E-state index contributed by atoms with van der Waals surface area (Å²) in [6.07, 6.45) is 4.21. The van der Waals surface area contributed by atoms with E-state index in [0.717, 1.165) is 39.7 Å². The van der Waals surface area contributed by atoms with E-state index < -0.39 is 0 Å². The van der Waals surface area contributed by atoms with Crippen molar-refractivity contribution in [1.82, 2.24) is 9.55 Å². The second kappa shape index (κ2) is 12.5. The van der Waals surface area contributed by atoms with Gasteiger partial charge in [0, 0.05) is 57.8 Å². The molecule has 5 aromatic carbocycles. The summed E-state index contributed by atoms with van der Waals surface area (Å²) in [4.78, 5) is 9.57. The molecule has 0 atom stereocenters. The third-order valence-electron chi connectivity index (χ3n) is 9.79. The molecule has 5 heteroatoms. The van der Waals surface area contributed by atoms with Crippen LogP contribution in [0.2, 0.25) is 0 Å². The Bertz CT molecular complexity index is 2390. The third kappa shape index (κ3) is 6.25. The maximum absolute atomic E-state index is 6.65. The molecular formula is C46H44N4O. The van der Waals surface area contributed by atoms with Crippen LogP contribution in [0.1, 0.15) is 47.1 Å². The number of hydrogen-bond acceptors (Lipinski definition) is 4. The van der Waals surface area contributed by atoms with Gasteiger partial charge in [-0.15, -0.1) is 0 Å². The molecule has 0 bridgehead atoms. The second-order valence-electron chi connectivity index (χ2n) is 15.5. The van der Waals surface area contributed by atoms with Crippen molar-refractivity contribution in [2.75, 3.05) is 16.5 Å². The molecule has 51 heavy (non-hydrogen) atoms. The van der Waals surface area contributed by atoms with Gasteiger partial charge < -0.3 is 14.5 Å². The van der Waals surface area contributed by atoms with Crippen LogP contribution in [0.3, 0.4) is 0 Å². The molecule has 0 radical (unpaired) electrons. The molecule has 2 aromatic heterocycles. The minimum Gasteiger partial charge on any atom is -0.457 e. The summed E-state index contributed by atoms with van der Waals surface area (Å²) >= 11 is 0. The number of pyridine rings is 1. The molecule has 7 aromatic rings. The number of hydrogen-bond donors (Lipinski definition) is 0. The zero-order chi connectivity index (χ0) is 35.3. The van der Waals surface area contributed by atoms with Gasteiger partial charge in [-0.25, -0.2) is 4.98 Å². The number of para-hydroxylation sites is 1. The van der Waals surface area contributed by atoms with Crippen molar-refractivity contribution < 1.29 is 4.74 Å². The Balaban J connectivity index is 1.11. The van der Waals surface area contributed by atoms with Crippen molar-refractivity contribution in [2.45, 2.75) is 47.0 Å². The number of rotatable bonds is 6. The summed E-state index contributed by atoms with van der Waals surface area (Å²) in [5, 5.41) is 2.36. The second-order valence-corrected chi connectivity index (χ2v) is 15.5. The molecule has 8 rings (SSSR count). The Morgan fingerprint density at radius 1 is 0.569 bits per heavy atom. The van der Waals surface area contributed by atoms with Gasteiger partial charge in [0.2, 0.25) is 0 Å². The van der Waals surface area contributed by atoms with Crippen molar-refractivity contribution in [2.24, 2.45) is 5.41 Å². The highest BCUT2D eigenvalue weighted by atomic mass is 16.5. The van der Waals surface area contributed by atoms with Crippen molar-refractivity contribution >= 4 is 33.2 Å². The van der Waals surface area contributed by atoms with Gasteiger partial charge in [0.05, 0.1) is 17.7 Å². The van der Waals surface area contributed by atoms with Gasteiger partial charge in [-0.3, -0.25) is 4.57 Å². The average molecular weight is 669 g/mol. The van der Waals surface area contributed by atoms with Gasteiger partial charge >= 0.3 is 0 Å². The Kier molecular flexibility index (Phi) is 7.94. The maximum atomic E-state index is 6.65. The summed E-state index contributed by atoms with van der Waals surface area (Å²) < 4.78 is 8.90. The van der Waals surface area contributed by atoms with Crippen molar-refractivity contribution in [3.63, 3.8) is 0 Å². The monoisotopic (exact) mass is 668 g/mol. The van der Waals surface area contributed by atoms with Crippen LogP contribution in [0.15, 0.2) is 152 Å². The molecule has 1 aliphatic rings. The van der Waals surface area contributed by atoms with Crippen LogP contribution in [0.25, 0.3) is 38.8 Å². The molecule has 0 aliphatic carbocycles. The molecule has 0 saturated carbocycles. The highest BCUT2D eigenvalue weighted by Gasteiger charge is 2.31. The van der Waals surface area contributed by atoms with Crippen LogP contribution in [0.4, 0.5) is 11.4 Å². The van der Waals surface area contributed by atoms with E-state index in [0.29, 0.717) is 6.67 Å². The fourth-order valence-corrected chi connectivity index (χ4v) is 7.06. The zero-order valence-corrected chi connectivity index (χ0v) is 30.3. The Morgan fingerprint density at radius 2 is 1.27 bits per heavy atom. The van der Waals surface area contributed by atoms with Crippen LogP contribution >= 0.6 is 0 Å². The molecule has 5 nitrogen and oxygen atoms in total. The average Bonchev–Trinajstić information content (AvgIpc) is 3.73. The predicted molar refractivity (Wildman–Crippen MR) is 213 cm³/mol. The van der Waals surface area contributed by atoms with E-state index in [-0.39, 0.29) is 10.8 Å². The first-order chi connectivity index (χ1) is 24.5. The number of aromatic nitrogens is 2. The third-order valence-corrected chi connectivity index (χ3v) is 9.79. The van der Waals surface area contributed by atoms with E-state index >= 15 is 0 Å². The highest BCUT2D eigenvalue weighted by molar-refractivity contribution is 6.09. The normalized spacial score (nSPS) is 13.6. The fourth-order valence-electron chi connectivity index (χ4n) is 7.06. The Labute approximate surface area is 301 Å². The van der Waals surface area contributed by atoms with Crippen molar-refractivity contribution in [1.29, 1.82) is 0 Å². The van der Waals surface area contributed by atoms with E-state index in [2.05, 4.69) is 190 Å². The topological polar surface area (TPSA) is 33.5 Å². The van der Waals surface area contributed by atoms with E-state index in [1.807, 2.05) is 12.3 Å². The quantitative estimate of drug-likeness (QED) is 0.177. The van der Waals surface area contributed by atoms with Crippen LogP contribution in [-0.4, -0.2) is 16.2 Å². The summed E-state index contributed by atoms with van der Waals surface area (Å²) in [6.45, 7) is 14.2. The Morgan fingerprint density at radius 3 is 2.04 bits per heavy atom. The zero-order valence-electron chi connectivity index (χ0n) is 30.3. The summed E-state index contributed by atoms with van der Waals surface area (Å²) in [6, 6.07) is 47.1. The molecule has 0 fully saturated rings. The highest BCUT2D eigenvalue weighted by Crippen LogP contribution is 2.40. The molecule has 0 amide bonds. The van der Waals surface area contributed by atoms with E-state index in [1.54, 1.807) is 0 Å². The number of allylic oxidation sites excluding steroid dienone is 1. The van der Waals surface area contributed by atoms with Gasteiger partial charge in [-0.2, -0.15) is 0 Å². The van der Waals surface area contributed by atoms with Gasteiger partial charge in [-0.1, -0.05) is 108 Å². The van der Waals surface area contributed by atoms with E-state index in [4.69, 9.17) is 9.72 Å². The number of ether oxygens (including phenoxy) is 1. The standard InChI is InChI=1S/C46H44N4O/c1-45(2,3)34-25-26-47-44(27-34)50-41-18-11-10-17-39(41)40-24-23-38(29-42(40)50)51-37-16-12-15-36(28-37)49-31-48(30-43(49)46(4,5)6)35-21-19-33(20-22-35)32-13-8-7-9-14-32/h7-30H,31H2,1-6H3. The molecule has 0 N–H and O–H groups in total. The number of fused-ring (bicyclic) bond motifs is 3. The largest absolute Gasteiger partial charge is 0.457 e. The molecule has 3 heterocycles. The summed E-state index contributed by atoms with van der Waals surface area (Å²) in [7, 11) is 0. The number of benzene rings is 5. The predicted octanol–water partition coefficient (Wildman–Crippen LogP) is 12.1. The Hall–Kier alpha value is -5.81. The lowest BCUT2D eigenvalue weighted by atomic mass is 9.88. The molecule has 1 aliphatic heterocycles. The van der Waals surface area contributed by atoms with Crippen LogP contribution in [0, 0.1) is 5.41 Å². The molecule has 0 spiro atoms. The van der Waals surface area contributed by atoms with E-state index in [9.17, 15) is 0 Å². The van der Waals surface area contributed by atoms with Crippen LogP contribution < -0.4 is 14.5 Å². The minimum atomic E-state index is -0.0631. The fraction of sp³-hybridized carbons (Fsp3) is 0.196. The lowest BCUT2D eigenvalue weighted by Gasteiger charge is -2.31. The maximum Gasteiger partial charge on any atom is 0.137 e. The molecule has 0 saturated heterocycles. The van der Waals surface area contributed by atoms with Crippen LogP contribution in [-0.2, 0) is 5.41 Å². The first-order valence-electron chi connectivity index (χ1n) is 17.7. The SMILES string of the molecule is CC(C)(C)C1=CN(c2ccc(-c3ccccc3)cc2)CN1c1cccc(Oc2ccc3c4ccccc4n(-c4cc(C(C)(C)C)ccn4)c3c2)c1. The first kappa shape index (κ1) is 32.4. The van der Waals surface area contributed by atoms with E-state index in [1.165, 1.54) is 33.2 Å². The number of anilines is 2. The lowest BCUT2D eigenvalue weighted by molar-refractivity contribution is 0.481. The van der Waals surface area contributed by atoms with Gasteiger partial charge in [0.25, 0.3) is 0 Å². The summed E-state index contributed by atoms with van der Waals surface area (Å²) in [5.41, 5.74) is 9.33. The van der Waals surface area contributed by atoms with Crippen molar-refractivity contribution in [3.8, 4) is 28.4 Å². The van der Waals surface area contributed by atoms with Gasteiger partial charge in [0.1, 0.15) is 17.3 Å². The molecule has 0 unspecified atom stereocenters. The lowest BCUT2D eigenvalue weighted by Crippen LogP contribution is -2.30. The van der Waals surface area contributed by atoms with Crippen LogP contribution in [0.5, 0.6) is 11.5 Å². The minimum absolute atomic E-state index is 0.0111.